The fourth-order valence-corrected chi connectivity index (χ4v) is 5.84. The number of nitrogens with zero attached hydrogens (tertiary/aromatic N) is 2. The number of nitrogens with one attached hydrogen (secondary N) is 2. The van der Waals surface area contributed by atoms with Gasteiger partial charge < -0.3 is 14.8 Å². The number of anilines is 2. The first-order chi connectivity index (χ1) is 16.0. The van der Waals surface area contributed by atoms with Crippen molar-refractivity contribution >= 4 is 39.0 Å². The summed E-state index contributed by atoms with van der Waals surface area (Å²) in [5.41, 5.74) is 2.80. The van der Waals surface area contributed by atoms with Crippen LogP contribution in [-0.2, 0) is 15.8 Å². The highest BCUT2D eigenvalue weighted by molar-refractivity contribution is 7.86. The van der Waals surface area contributed by atoms with Crippen LogP contribution in [0, 0.1) is 24.2 Å². The number of amides is 1. The van der Waals surface area contributed by atoms with E-state index < -0.39 is 11.0 Å². The molecule has 1 atom stereocenters. The molecular weight excluding hydrogens is 456 g/mol. The number of aryl methyl sites for hydroxylation is 1. The number of nitriles is 1. The van der Waals surface area contributed by atoms with Gasteiger partial charge in [-0.05, 0) is 67.8 Å². The maximum atomic E-state index is 13.1. The third kappa shape index (κ3) is 5.24. The number of hydrogen-bond donors (Lipinski definition) is 2. The van der Waals surface area contributed by atoms with Gasteiger partial charge in [-0.3, -0.25) is 4.79 Å². The number of carbonyl (C=O) groups is 1. The van der Waals surface area contributed by atoms with Gasteiger partial charge in [0.2, 0.25) is 5.91 Å². The summed E-state index contributed by atoms with van der Waals surface area (Å²) in [5, 5.41) is 12.5. The molecule has 1 aliphatic carbocycles. The summed E-state index contributed by atoms with van der Waals surface area (Å²) in [6, 6.07) is 14.3. The molecule has 7 nitrogen and oxygen atoms in total. The summed E-state index contributed by atoms with van der Waals surface area (Å²) in [5.74, 6) is 0.604. The molecule has 2 N–H and O–H groups in total. The molecule has 0 bridgehead atoms. The van der Waals surface area contributed by atoms with Crippen molar-refractivity contribution in [3.05, 3.63) is 53.7 Å². The Morgan fingerprint density at radius 2 is 1.94 bits per heavy atom. The maximum Gasteiger partial charge on any atom is 0.229 e. The van der Waals surface area contributed by atoms with Gasteiger partial charge in [-0.25, -0.2) is 9.19 Å². The second-order valence-corrected chi connectivity index (χ2v) is 10.0. The number of hydrogen-bond acceptors (Lipinski definition) is 6. The second-order valence-electron chi connectivity index (χ2n) is 7.83. The molecule has 2 aromatic carbocycles. The van der Waals surface area contributed by atoms with Crippen LogP contribution in [0.15, 0.2) is 47.4 Å². The number of benzene rings is 2. The zero-order valence-corrected chi connectivity index (χ0v) is 20.0. The Morgan fingerprint density at radius 1 is 1.21 bits per heavy atom. The van der Waals surface area contributed by atoms with E-state index in [0.717, 1.165) is 41.8 Å². The molecule has 170 valence electrons. The minimum Gasteiger partial charge on any atom is -0.495 e. The van der Waals surface area contributed by atoms with E-state index in [2.05, 4.69) is 21.1 Å². The zero-order chi connectivity index (χ0) is 23.4. The first kappa shape index (κ1) is 23.0. The van der Waals surface area contributed by atoms with Crippen LogP contribution in [0.25, 0.3) is 10.4 Å². The minimum absolute atomic E-state index is 0.0379. The van der Waals surface area contributed by atoms with Gasteiger partial charge in [0.25, 0.3) is 0 Å². The van der Waals surface area contributed by atoms with Crippen LogP contribution in [0.1, 0.15) is 36.9 Å². The Bertz CT molecular complexity index is 1230. The highest BCUT2D eigenvalue weighted by Gasteiger charge is 2.24. The Labute approximate surface area is 199 Å². The van der Waals surface area contributed by atoms with E-state index >= 15 is 0 Å². The molecule has 1 heterocycles. The van der Waals surface area contributed by atoms with Gasteiger partial charge in [0.1, 0.15) is 10.6 Å². The van der Waals surface area contributed by atoms with Crippen molar-refractivity contribution in [3.8, 4) is 22.3 Å². The summed E-state index contributed by atoms with van der Waals surface area (Å²) >= 11 is 1.41. The van der Waals surface area contributed by atoms with Crippen molar-refractivity contribution in [2.75, 3.05) is 17.1 Å². The molecular formula is C24H24N4O3S2. The highest BCUT2D eigenvalue weighted by Crippen LogP contribution is 2.37. The summed E-state index contributed by atoms with van der Waals surface area (Å²) in [6.45, 7) is 1.90. The highest BCUT2D eigenvalue weighted by atomic mass is 32.2. The normalized spacial score (nSPS) is 14.5. The van der Waals surface area contributed by atoms with E-state index in [1.54, 1.807) is 30.3 Å². The van der Waals surface area contributed by atoms with Gasteiger partial charge in [-0.1, -0.05) is 24.2 Å². The fourth-order valence-electron chi connectivity index (χ4n) is 3.85. The minimum atomic E-state index is -1.59. The van der Waals surface area contributed by atoms with Crippen LogP contribution in [0.4, 0.5) is 10.8 Å². The molecule has 3 aromatic rings. The Balaban J connectivity index is 1.57. The van der Waals surface area contributed by atoms with Crippen LogP contribution in [-0.4, -0.2) is 22.2 Å². The molecule has 0 radical (unpaired) electrons. The van der Waals surface area contributed by atoms with Crippen LogP contribution in [0.5, 0.6) is 5.75 Å². The molecule has 9 heteroatoms. The van der Waals surface area contributed by atoms with Crippen LogP contribution < -0.4 is 14.8 Å². The van der Waals surface area contributed by atoms with E-state index in [4.69, 9.17) is 10.00 Å². The van der Waals surface area contributed by atoms with Gasteiger partial charge in [0.05, 0.1) is 29.3 Å². The molecule has 33 heavy (non-hydrogen) atoms. The van der Waals surface area contributed by atoms with E-state index in [1.807, 2.05) is 19.1 Å². The molecule has 1 aromatic heterocycles. The van der Waals surface area contributed by atoms with E-state index in [9.17, 15) is 9.00 Å². The summed E-state index contributed by atoms with van der Waals surface area (Å²) in [6.07, 6.45) is 4.07. The van der Waals surface area contributed by atoms with Crippen molar-refractivity contribution in [1.82, 2.24) is 4.98 Å². The summed E-state index contributed by atoms with van der Waals surface area (Å²) in [7, 11) is -0.0588. The third-order valence-electron chi connectivity index (χ3n) is 5.60. The van der Waals surface area contributed by atoms with Crippen molar-refractivity contribution in [2.24, 2.45) is 5.92 Å². The number of thiazole rings is 1. The Morgan fingerprint density at radius 3 is 2.61 bits per heavy atom. The topological polar surface area (TPSA) is 104 Å². The quantitative estimate of drug-likeness (QED) is 0.480. The molecule has 0 saturated heterocycles. The predicted octanol–water partition coefficient (Wildman–Crippen LogP) is 5.26. The fraction of sp³-hybridized carbons (Fsp3) is 0.292. The van der Waals surface area contributed by atoms with Crippen LogP contribution >= 0.6 is 11.3 Å². The van der Waals surface area contributed by atoms with Gasteiger partial charge in [0.15, 0.2) is 16.1 Å². The second kappa shape index (κ2) is 10.1. The monoisotopic (exact) mass is 480 g/mol. The van der Waals surface area contributed by atoms with Gasteiger partial charge in [-0.2, -0.15) is 5.26 Å². The molecule has 0 aliphatic heterocycles. The van der Waals surface area contributed by atoms with Crippen LogP contribution in [0.3, 0.4) is 0 Å². The average Bonchev–Trinajstić information content (AvgIpc) is 3.49. The first-order valence-corrected chi connectivity index (χ1v) is 12.6. The van der Waals surface area contributed by atoms with Gasteiger partial charge >= 0.3 is 0 Å². The number of rotatable bonds is 7. The van der Waals surface area contributed by atoms with Crippen molar-refractivity contribution in [3.63, 3.8) is 0 Å². The van der Waals surface area contributed by atoms with Crippen molar-refractivity contribution < 1.29 is 13.7 Å². The van der Waals surface area contributed by atoms with E-state index in [0.29, 0.717) is 27.0 Å². The third-order valence-corrected chi connectivity index (χ3v) is 7.86. The molecule has 1 amide bonds. The molecule has 1 fully saturated rings. The number of methoxy groups -OCH3 is 1. The van der Waals surface area contributed by atoms with Gasteiger partial charge in [0, 0.05) is 11.6 Å². The maximum absolute atomic E-state index is 13.1. The van der Waals surface area contributed by atoms with Gasteiger partial charge in [-0.15, -0.1) is 0 Å². The lowest BCUT2D eigenvalue weighted by Crippen LogP contribution is -2.20. The van der Waals surface area contributed by atoms with Crippen molar-refractivity contribution in [1.29, 1.82) is 5.26 Å². The molecule has 1 aliphatic rings. The molecule has 4 rings (SSSR count). The molecule has 1 unspecified atom stereocenters. The number of ether oxygens (including phenoxy) is 1. The Hall–Kier alpha value is -3.22. The summed E-state index contributed by atoms with van der Waals surface area (Å²) < 4.78 is 21.5. The van der Waals surface area contributed by atoms with Crippen molar-refractivity contribution in [2.45, 2.75) is 37.5 Å². The van der Waals surface area contributed by atoms with E-state index in [1.165, 1.54) is 18.4 Å². The lowest BCUT2D eigenvalue weighted by atomic mass is 10.1. The first-order valence-electron chi connectivity index (χ1n) is 10.6. The average molecular weight is 481 g/mol. The predicted molar refractivity (Wildman–Crippen MR) is 131 cm³/mol. The number of aromatic nitrogens is 1. The van der Waals surface area contributed by atoms with Crippen LogP contribution in [0.2, 0.25) is 0 Å². The number of carbonyl (C=O) groups excluding carboxylic acids is 1. The lowest BCUT2D eigenvalue weighted by molar-refractivity contribution is -0.119. The van der Waals surface area contributed by atoms with E-state index in [-0.39, 0.29) is 11.8 Å². The lowest BCUT2D eigenvalue weighted by Gasteiger charge is -2.12. The Kier molecular flexibility index (Phi) is 7.06. The molecule has 1 saturated carbocycles. The smallest absolute Gasteiger partial charge is 0.229 e. The molecule has 0 spiro atoms. The SMILES string of the molecule is COc1ccc(-c2sc(NC(=O)C3CCCC3)nc2C)cc1S(=O)Nc1ccc(C#N)cc1. The summed E-state index contributed by atoms with van der Waals surface area (Å²) in [4.78, 5) is 18.4. The largest absolute Gasteiger partial charge is 0.495 e. The standard InChI is InChI=1S/C24H24N4O3S2/c1-15-22(32-24(26-15)27-23(29)17-5-3-4-6-17)18-9-12-20(31-2)21(13-18)33(30)28-19-10-7-16(14-25)8-11-19/h7-13,17,28H,3-6H2,1-2H3,(H,26,27,29). The zero-order valence-electron chi connectivity index (χ0n) is 18.4.